The molecule has 6 heteroatoms. The molecule has 1 aliphatic heterocycles. The number of unbranched alkanes of at least 4 members (excludes halogenated alkanes) is 1. The molecule has 0 bridgehead atoms. The molecule has 0 spiro atoms. The number of ether oxygens (including phenoxy) is 3. The quantitative estimate of drug-likeness (QED) is 0.509. The zero-order chi connectivity index (χ0) is 20.1. The Balaban J connectivity index is 1.65. The van der Waals surface area contributed by atoms with Gasteiger partial charge < -0.3 is 14.2 Å². The van der Waals surface area contributed by atoms with E-state index in [1.165, 1.54) is 6.07 Å². The van der Waals surface area contributed by atoms with E-state index in [4.69, 9.17) is 9.47 Å². The molecular formula is C22H31F3O3. The Hall–Kier alpha value is -1.43. The van der Waals surface area contributed by atoms with Crippen LogP contribution in [0.1, 0.15) is 69.9 Å². The van der Waals surface area contributed by atoms with Crippen LogP contribution in [0.3, 0.4) is 0 Å². The predicted molar refractivity (Wildman–Crippen MR) is 102 cm³/mol. The minimum Gasteiger partial charge on any atom is -0.486 e. The topological polar surface area (TPSA) is 27.7 Å². The molecule has 0 radical (unpaired) electrons. The normalized spacial score (nSPS) is 25.1. The summed E-state index contributed by atoms with van der Waals surface area (Å²) < 4.78 is 55.0. The van der Waals surface area contributed by atoms with Gasteiger partial charge in [0.25, 0.3) is 0 Å². The van der Waals surface area contributed by atoms with Gasteiger partial charge in [0.15, 0.2) is 11.5 Å². The highest BCUT2D eigenvalue weighted by Gasteiger charge is 2.37. The first-order chi connectivity index (χ1) is 13.4. The van der Waals surface area contributed by atoms with Crippen molar-refractivity contribution < 1.29 is 27.4 Å². The number of halogens is 3. The maximum Gasteiger partial charge on any atom is 0.573 e. The number of hydrogen-bond donors (Lipinski definition) is 0. The Morgan fingerprint density at radius 2 is 1.82 bits per heavy atom. The summed E-state index contributed by atoms with van der Waals surface area (Å²) >= 11 is 0. The van der Waals surface area contributed by atoms with Gasteiger partial charge in [-0.15, -0.1) is 13.2 Å². The van der Waals surface area contributed by atoms with Crippen LogP contribution in [0.25, 0.3) is 0 Å². The van der Waals surface area contributed by atoms with Crippen LogP contribution in [0.2, 0.25) is 0 Å². The van der Waals surface area contributed by atoms with Crippen molar-refractivity contribution in [1.29, 1.82) is 0 Å². The molecule has 3 nitrogen and oxygen atoms in total. The molecule has 28 heavy (non-hydrogen) atoms. The van der Waals surface area contributed by atoms with Crippen LogP contribution in [0.4, 0.5) is 13.2 Å². The van der Waals surface area contributed by atoms with Gasteiger partial charge in [0.05, 0.1) is 6.10 Å². The summed E-state index contributed by atoms with van der Waals surface area (Å²) in [6.45, 7) is 4.89. The number of rotatable bonds is 7. The third kappa shape index (κ3) is 5.56. The van der Waals surface area contributed by atoms with E-state index in [9.17, 15) is 13.2 Å². The van der Waals surface area contributed by atoms with Crippen LogP contribution < -0.4 is 9.47 Å². The Morgan fingerprint density at radius 1 is 1.07 bits per heavy atom. The van der Waals surface area contributed by atoms with Gasteiger partial charge in [-0.05, 0) is 74.5 Å². The van der Waals surface area contributed by atoms with Gasteiger partial charge in [0, 0.05) is 6.61 Å². The summed E-state index contributed by atoms with van der Waals surface area (Å²) in [4.78, 5) is 0. The van der Waals surface area contributed by atoms with Crippen LogP contribution in [0.15, 0.2) is 12.1 Å². The Kier molecular flexibility index (Phi) is 7.13. The summed E-state index contributed by atoms with van der Waals surface area (Å²) in [5.74, 6) is 0.457. The number of fused-ring (bicyclic) bond motifs is 1. The van der Waals surface area contributed by atoms with Gasteiger partial charge in [-0.1, -0.05) is 26.3 Å². The van der Waals surface area contributed by atoms with Crippen molar-refractivity contribution in [2.24, 2.45) is 5.92 Å². The second kappa shape index (κ2) is 9.38. The van der Waals surface area contributed by atoms with E-state index in [0.717, 1.165) is 69.1 Å². The molecule has 0 N–H and O–H groups in total. The van der Waals surface area contributed by atoms with Crippen LogP contribution in [0, 0.1) is 5.92 Å². The SMILES string of the molecule is CCCCOC1CCC(C2CCc3cc(CC)cc(OC(F)(F)F)c3O2)CC1. The molecule has 1 atom stereocenters. The lowest BCUT2D eigenvalue weighted by Crippen LogP contribution is -2.35. The van der Waals surface area contributed by atoms with Gasteiger partial charge >= 0.3 is 6.36 Å². The molecule has 1 saturated carbocycles. The first-order valence-electron chi connectivity index (χ1n) is 10.6. The Labute approximate surface area is 165 Å². The Bertz CT molecular complexity index is 637. The maximum atomic E-state index is 12.9. The van der Waals surface area contributed by atoms with Gasteiger partial charge in [-0.3, -0.25) is 0 Å². The second-order valence-electron chi connectivity index (χ2n) is 7.94. The molecule has 1 aromatic rings. The molecule has 1 unspecified atom stereocenters. The van der Waals surface area contributed by atoms with E-state index in [0.29, 0.717) is 18.4 Å². The van der Waals surface area contributed by atoms with E-state index >= 15 is 0 Å². The van der Waals surface area contributed by atoms with Crippen LogP contribution in [-0.4, -0.2) is 25.2 Å². The fourth-order valence-electron chi connectivity index (χ4n) is 4.31. The zero-order valence-electron chi connectivity index (χ0n) is 16.8. The van der Waals surface area contributed by atoms with Gasteiger partial charge in [0.2, 0.25) is 0 Å². The number of benzene rings is 1. The summed E-state index contributed by atoms with van der Waals surface area (Å²) in [5.41, 5.74) is 1.66. The molecule has 1 fully saturated rings. The minimum absolute atomic E-state index is 0.0489. The lowest BCUT2D eigenvalue weighted by atomic mass is 9.81. The first-order valence-corrected chi connectivity index (χ1v) is 10.6. The smallest absolute Gasteiger partial charge is 0.486 e. The number of hydrogen-bond acceptors (Lipinski definition) is 3. The maximum absolute atomic E-state index is 12.9. The highest BCUT2D eigenvalue weighted by Crippen LogP contribution is 2.43. The molecule has 3 rings (SSSR count). The summed E-state index contributed by atoms with van der Waals surface area (Å²) in [7, 11) is 0. The summed E-state index contributed by atoms with van der Waals surface area (Å²) in [6, 6.07) is 3.42. The zero-order valence-corrected chi connectivity index (χ0v) is 16.8. The molecule has 1 aromatic carbocycles. The van der Waals surface area contributed by atoms with Gasteiger partial charge in [-0.25, -0.2) is 0 Å². The lowest BCUT2D eigenvalue weighted by molar-refractivity contribution is -0.275. The number of aryl methyl sites for hydroxylation is 2. The van der Waals surface area contributed by atoms with Crippen molar-refractivity contribution in [3.8, 4) is 11.5 Å². The third-order valence-corrected chi connectivity index (χ3v) is 5.89. The fraction of sp³-hybridized carbons (Fsp3) is 0.727. The van der Waals surface area contributed by atoms with Crippen LogP contribution in [-0.2, 0) is 17.6 Å². The molecule has 0 amide bonds. The standard InChI is InChI=1S/C22H31F3O3/c1-3-5-12-26-18-9-6-16(7-10-18)19-11-8-17-13-15(4-2)14-20(21(17)27-19)28-22(23,24)25/h13-14,16,18-19H,3-12H2,1-2H3. The van der Waals surface area contributed by atoms with Crippen LogP contribution >= 0.6 is 0 Å². The highest BCUT2D eigenvalue weighted by atomic mass is 19.4. The van der Waals surface area contributed by atoms with E-state index in [2.05, 4.69) is 11.7 Å². The molecule has 1 heterocycles. The van der Waals surface area contributed by atoms with Crippen molar-refractivity contribution in [3.05, 3.63) is 23.3 Å². The highest BCUT2D eigenvalue weighted by molar-refractivity contribution is 5.51. The fourth-order valence-corrected chi connectivity index (χ4v) is 4.31. The molecule has 1 aliphatic carbocycles. The summed E-state index contributed by atoms with van der Waals surface area (Å²) in [6.07, 6.45) is 4.00. The van der Waals surface area contributed by atoms with E-state index in [1.807, 2.05) is 13.0 Å². The van der Waals surface area contributed by atoms with Crippen LogP contribution in [0.5, 0.6) is 11.5 Å². The average molecular weight is 400 g/mol. The van der Waals surface area contributed by atoms with E-state index in [1.54, 1.807) is 0 Å². The molecular weight excluding hydrogens is 369 g/mol. The number of alkyl halides is 3. The Morgan fingerprint density at radius 3 is 2.46 bits per heavy atom. The molecule has 0 saturated heterocycles. The van der Waals surface area contributed by atoms with Crippen molar-refractivity contribution >= 4 is 0 Å². The molecule has 0 aromatic heterocycles. The summed E-state index contributed by atoms with van der Waals surface area (Å²) in [5, 5.41) is 0. The first kappa shape index (κ1) is 21.3. The van der Waals surface area contributed by atoms with Gasteiger partial charge in [0.1, 0.15) is 6.10 Å². The average Bonchev–Trinajstić information content (AvgIpc) is 2.67. The van der Waals surface area contributed by atoms with Crippen molar-refractivity contribution in [2.45, 2.75) is 90.2 Å². The lowest BCUT2D eigenvalue weighted by Gasteiger charge is -2.37. The third-order valence-electron chi connectivity index (χ3n) is 5.89. The minimum atomic E-state index is -4.72. The second-order valence-corrected chi connectivity index (χ2v) is 7.94. The van der Waals surface area contributed by atoms with Crippen molar-refractivity contribution in [3.63, 3.8) is 0 Å². The van der Waals surface area contributed by atoms with Crippen molar-refractivity contribution in [2.75, 3.05) is 6.61 Å². The monoisotopic (exact) mass is 400 g/mol. The van der Waals surface area contributed by atoms with Gasteiger partial charge in [-0.2, -0.15) is 0 Å². The van der Waals surface area contributed by atoms with Crippen molar-refractivity contribution in [1.82, 2.24) is 0 Å². The van der Waals surface area contributed by atoms with E-state index < -0.39 is 6.36 Å². The molecule has 158 valence electrons. The largest absolute Gasteiger partial charge is 0.573 e. The molecule has 2 aliphatic rings. The van der Waals surface area contributed by atoms with E-state index in [-0.39, 0.29) is 17.6 Å². The predicted octanol–water partition coefficient (Wildman–Crippen LogP) is 6.22.